The molecular weight excluding hydrogens is 188 g/mol. The van der Waals surface area contributed by atoms with E-state index in [1.165, 1.54) is 45.2 Å². The molecule has 0 aromatic carbocycles. The highest BCUT2D eigenvalue weighted by molar-refractivity contribution is 4.87. The summed E-state index contributed by atoms with van der Waals surface area (Å²) in [6.07, 6.45) is 6.94. The zero-order valence-corrected chi connectivity index (χ0v) is 9.62. The molecule has 2 unspecified atom stereocenters. The smallest absolute Gasteiger partial charge is 0.0555 e. The Morgan fingerprint density at radius 3 is 2.87 bits per heavy atom. The van der Waals surface area contributed by atoms with Gasteiger partial charge in [0.1, 0.15) is 0 Å². The Labute approximate surface area is 92.8 Å². The van der Waals surface area contributed by atoms with Gasteiger partial charge in [0.25, 0.3) is 0 Å². The minimum Gasteiger partial charge on any atom is -0.395 e. The van der Waals surface area contributed by atoms with Gasteiger partial charge in [0.2, 0.25) is 0 Å². The average molecular weight is 212 g/mol. The molecule has 88 valence electrons. The SMILES string of the molecule is OCCNCC1CCCN2CCCCC12. The highest BCUT2D eigenvalue weighted by Crippen LogP contribution is 2.30. The van der Waals surface area contributed by atoms with Crippen molar-refractivity contribution < 1.29 is 5.11 Å². The standard InChI is InChI=1S/C12H24N2O/c15-9-6-13-10-11-4-3-8-14-7-2-1-5-12(11)14/h11-13,15H,1-10H2. The van der Waals surface area contributed by atoms with Crippen LogP contribution >= 0.6 is 0 Å². The molecule has 2 rings (SSSR count). The summed E-state index contributed by atoms with van der Waals surface area (Å²) in [6, 6.07) is 0.832. The Kier molecular flexibility index (Phi) is 4.42. The molecule has 0 aliphatic carbocycles. The summed E-state index contributed by atoms with van der Waals surface area (Å²) in [5.74, 6) is 0.825. The third-order valence-corrected chi connectivity index (χ3v) is 3.92. The number of hydrogen-bond acceptors (Lipinski definition) is 3. The van der Waals surface area contributed by atoms with Gasteiger partial charge in [0.15, 0.2) is 0 Å². The van der Waals surface area contributed by atoms with Gasteiger partial charge in [-0.2, -0.15) is 0 Å². The number of nitrogens with zero attached hydrogens (tertiary/aromatic N) is 1. The second kappa shape index (κ2) is 5.83. The summed E-state index contributed by atoms with van der Waals surface area (Å²) >= 11 is 0. The van der Waals surface area contributed by atoms with E-state index in [1.54, 1.807) is 0 Å². The van der Waals surface area contributed by atoms with Gasteiger partial charge in [-0.1, -0.05) is 6.42 Å². The number of rotatable bonds is 4. The fourth-order valence-corrected chi connectivity index (χ4v) is 3.18. The van der Waals surface area contributed by atoms with Gasteiger partial charge < -0.3 is 15.3 Å². The van der Waals surface area contributed by atoms with Crippen molar-refractivity contribution in [3.63, 3.8) is 0 Å². The molecule has 3 nitrogen and oxygen atoms in total. The predicted octanol–water partition coefficient (Wildman–Crippen LogP) is 0.833. The van der Waals surface area contributed by atoms with Crippen LogP contribution in [0.25, 0.3) is 0 Å². The van der Waals surface area contributed by atoms with Crippen molar-refractivity contribution in [2.45, 2.75) is 38.1 Å². The van der Waals surface area contributed by atoms with Crippen LogP contribution in [0.2, 0.25) is 0 Å². The molecule has 0 radical (unpaired) electrons. The van der Waals surface area contributed by atoms with Crippen LogP contribution in [0.15, 0.2) is 0 Å². The molecule has 2 fully saturated rings. The number of piperidine rings is 2. The summed E-state index contributed by atoms with van der Waals surface area (Å²) in [5.41, 5.74) is 0. The van der Waals surface area contributed by atoms with Crippen molar-refractivity contribution in [1.29, 1.82) is 0 Å². The van der Waals surface area contributed by atoms with E-state index >= 15 is 0 Å². The normalized spacial score (nSPS) is 32.6. The van der Waals surface area contributed by atoms with Crippen LogP contribution in [-0.2, 0) is 0 Å². The van der Waals surface area contributed by atoms with Crippen LogP contribution in [0.3, 0.4) is 0 Å². The topological polar surface area (TPSA) is 35.5 Å². The van der Waals surface area contributed by atoms with Gasteiger partial charge in [0, 0.05) is 12.6 Å². The van der Waals surface area contributed by atoms with E-state index in [2.05, 4.69) is 10.2 Å². The molecule has 0 bridgehead atoms. The Bertz CT molecular complexity index is 184. The maximum Gasteiger partial charge on any atom is 0.0555 e. The molecule has 0 saturated carbocycles. The molecule has 2 heterocycles. The minimum atomic E-state index is 0.265. The first-order valence-electron chi connectivity index (χ1n) is 6.47. The molecule has 0 aromatic rings. The van der Waals surface area contributed by atoms with E-state index in [-0.39, 0.29) is 6.61 Å². The van der Waals surface area contributed by atoms with Crippen molar-refractivity contribution in [2.75, 3.05) is 32.8 Å². The lowest BCUT2D eigenvalue weighted by molar-refractivity contribution is 0.0590. The van der Waals surface area contributed by atoms with Crippen LogP contribution in [0, 0.1) is 5.92 Å². The predicted molar refractivity (Wildman–Crippen MR) is 61.9 cm³/mol. The molecule has 0 aromatic heterocycles. The van der Waals surface area contributed by atoms with E-state index in [0.717, 1.165) is 25.0 Å². The number of fused-ring (bicyclic) bond motifs is 1. The number of nitrogens with one attached hydrogen (secondary N) is 1. The van der Waals surface area contributed by atoms with E-state index < -0.39 is 0 Å². The lowest BCUT2D eigenvalue weighted by atomic mass is 9.83. The Balaban J connectivity index is 1.81. The quantitative estimate of drug-likeness (QED) is 0.678. The minimum absolute atomic E-state index is 0.265. The summed E-state index contributed by atoms with van der Waals surface area (Å²) < 4.78 is 0. The molecule has 2 aliphatic heterocycles. The van der Waals surface area contributed by atoms with Crippen molar-refractivity contribution in [3.05, 3.63) is 0 Å². The van der Waals surface area contributed by atoms with Crippen molar-refractivity contribution in [3.8, 4) is 0 Å². The maximum atomic E-state index is 8.76. The molecule has 15 heavy (non-hydrogen) atoms. The van der Waals surface area contributed by atoms with Gasteiger partial charge in [-0.3, -0.25) is 0 Å². The highest BCUT2D eigenvalue weighted by atomic mass is 16.3. The Morgan fingerprint density at radius 1 is 1.13 bits per heavy atom. The van der Waals surface area contributed by atoms with E-state index in [9.17, 15) is 0 Å². The second-order valence-corrected chi connectivity index (χ2v) is 4.93. The molecule has 2 aliphatic rings. The largest absolute Gasteiger partial charge is 0.395 e. The first kappa shape index (κ1) is 11.4. The van der Waals surface area contributed by atoms with Crippen molar-refractivity contribution in [1.82, 2.24) is 10.2 Å². The summed E-state index contributed by atoms with van der Waals surface area (Å²) in [7, 11) is 0. The third-order valence-electron chi connectivity index (χ3n) is 3.92. The third kappa shape index (κ3) is 2.92. The van der Waals surface area contributed by atoms with Crippen LogP contribution in [0.1, 0.15) is 32.1 Å². The van der Waals surface area contributed by atoms with E-state index in [0.29, 0.717) is 0 Å². The lowest BCUT2D eigenvalue weighted by Crippen LogP contribution is -2.50. The van der Waals surface area contributed by atoms with Gasteiger partial charge >= 0.3 is 0 Å². The fourth-order valence-electron chi connectivity index (χ4n) is 3.18. The first-order valence-corrected chi connectivity index (χ1v) is 6.47. The molecule has 2 atom stereocenters. The molecular formula is C12H24N2O. The van der Waals surface area contributed by atoms with Crippen molar-refractivity contribution in [2.24, 2.45) is 5.92 Å². The molecule has 0 amide bonds. The number of hydrogen-bond donors (Lipinski definition) is 2. The van der Waals surface area contributed by atoms with E-state index in [4.69, 9.17) is 5.11 Å². The zero-order chi connectivity index (χ0) is 10.5. The summed E-state index contributed by atoms with van der Waals surface area (Å²) in [5, 5.41) is 12.1. The van der Waals surface area contributed by atoms with Gasteiger partial charge in [-0.25, -0.2) is 0 Å². The number of aliphatic hydroxyl groups is 1. The van der Waals surface area contributed by atoms with Gasteiger partial charge in [0.05, 0.1) is 6.61 Å². The molecule has 3 heteroatoms. The molecule has 2 N–H and O–H groups in total. The fraction of sp³-hybridized carbons (Fsp3) is 1.00. The van der Waals surface area contributed by atoms with Crippen LogP contribution in [0.5, 0.6) is 0 Å². The Hall–Kier alpha value is -0.120. The van der Waals surface area contributed by atoms with Gasteiger partial charge in [-0.05, 0) is 51.2 Å². The lowest BCUT2D eigenvalue weighted by Gasteiger charge is -2.44. The van der Waals surface area contributed by atoms with Gasteiger partial charge in [-0.15, -0.1) is 0 Å². The van der Waals surface area contributed by atoms with Crippen molar-refractivity contribution >= 4 is 0 Å². The van der Waals surface area contributed by atoms with Crippen LogP contribution < -0.4 is 5.32 Å². The second-order valence-electron chi connectivity index (χ2n) is 4.93. The van der Waals surface area contributed by atoms with E-state index in [1.807, 2.05) is 0 Å². The summed E-state index contributed by atoms with van der Waals surface area (Å²) in [6.45, 7) is 4.76. The Morgan fingerprint density at radius 2 is 2.00 bits per heavy atom. The molecule has 2 saturated heterocycles. The monoisotopic (exact) mass is 212 g/mol. The summed E-state index contributed by atoms with van der Waals surface area (Å²) in [4.78, 5) is 2.69. The van der Waals surface area contributed by atoms with Crippen LogP contribution in [0.4, 0.5) is 0 Å². The average Bonchev–Trinajstić information content (AvgIpc) is 2.30. The maximum absolute atomic E-state index is 8.76. The number of aliphatic hydroxyl groups excluding tert-OH is 1. The first-order chi connectivity index (χ1) is 7.42. The zero-order valence-electron chi connectivity index (χ0n) is 9.62. The molecule has 0 spiro atoms. The van der Waals surface area contributed by atoms with Crippen LogP contribution in [-0.4, -0.2) is 48.8 Å². The highest BCUT2D eigenvalue weighted by Gasteiger charge is 2.32.